The van der Waals surface area contributed by atoms with Crippen molar-refractivity contribution in [2.24, 2.45) is 7.05 Å². The Kier molecular flexibility index (Phi) is 5.86. The number of aromatic nitrogens is 1. The molecule has 1 aromatic heterocycles. The maximum absolute atomic E-state index is 13.4. The molecule has 1 aliphatic heterocycles. The number of carbonyl (C=O) groups excluding carboxylic acids is 2. The number of amides is 1. The lowest BCUT2D eigenvalue weighted by atomic mass is 10.0. The highest BCUT2D eigenvalue weighted by molar-refractivity contribution is 6.34. The number of aldehydes is 1. The number of piperazine rings is 1. The molecular formula is C24H25ClFN3O2. The number of benzene rings is 2. The molecule has 0 radical (unpaired) electrons. The molecule has 0 unspecified atom stereocenters. The highest BCUT2D eigenvalue weighted by Crippen LogP contribution is 2.29. The van der Waals surface area contributed by atoms with Gasteiger partial charge in [-0.25, -0.2) is 4.39 Å². The predicted octanol–water partition coefficient (Wildman–Crippen LogP) is 4.52. The van der Waals surface area contributed by atoms with Crippen molar-refractivity contribution in [3.05, 3.63) is 70.1 Å². The predicted molar refractivity (Wildman–Crippen MR) is 120 cm³/mol. The van der Waals surface area contributed by atoms with Crippen molar-refractivity contribution in [3.63, 3.8) is 0 Å². The first-order valence-electron chi connectivity index (χ1n) is 10.3. The summed E-state index contributed by atoms with van der Waals surface area (Å²) in [6.45, 7) is 6.07. The van der Waals surface area contributed by atoms with E-state index in [0.717, 1.165) is 22.8 Å². The van der Waals surface area contributed by atoms with Crippen molar-refractivity contribution in [2.45, 2.75) is 32.5 Å². The number of nitrogens with zero attached hydrogens (tertiary/aromatic N) is 3. The third kappa shape index (κ3) is 4.10. The van der Waals surface area contributed by atoms with Gasteiger partial charge in [0.05, 0.1) is 16.1 Å². The van der Waals surface area contributed by atoms with E-state index in [2.05, 4.69) is 11.8 Å². The van der Waals surface area contributed by atoms with E-state index in [1.54, 1.807) is 30.5 Å². The number of carbonyl (C=O) groups is 2. The Morgan fingerprint density at radius 2 is 1.87 bits per heavy atom. The van der Waals surface area contributed by atoms with Gasteiger partial charge in [-0.1, -0.05) is 23.7 Å². The van der Waals surface area contributed by atoms with Gasteiger partial charge in [0.15, 0.2) is 6.29 Å². The van der Waals surface area contributed by atoms with Crippen LogP contribution in [0.3, 0.4) is 0 Å². The van der Waals surface area contributed by atoms with E-state index >= 15 is 0 Å². The molecule has 31 heavy (non-hydrogen) atoms. The Hall–Kier alpha value is -2.70. The minimum absolute atomic E-state index is 0.0165. The SMILES string of the molecule is C[C@@H]1CN(Cc2ccc(F)cc2)[C@@H](C)CN1C(=O)c1cc2c(C=O)cn(C)c2cc1Cl. The van der Waals surface area contributed by atoms with Gasteiger partial charge in [0.2, 0.25) is 0 Å². The van der Waals surface area contributed by atoms with E-state index in [-0.39, 0.29) is 23.8 Å². The monoisotopic (exact) mass is 441 g/mol. The van der Waals surface area contributed by atoms with Crippen LogP contribution in [0.15, 0.2) is 42.6 Å². The van der Waals surface area contributed by atoms with Crippen molar-refractivity contribution >= 4 is 34.7 Å². The van der Waals surface area contributed by atoms with Crippen LogP contribution in [0, 0.1) is 5.82 Å². The molecule has 1 saturated heterocycles. The molecule has 7 heteroatoms. The normalized spacial score (nSPS) is 19.7. The molecule has 1 amide bonds. The standard InChI is InChI=1S/C24H25ClFN3O2/c1-15-11-29(16(2)10-28(15)12-17-4-6-19(26)7-5-17)24(31)21-8-20-18(14-30)13-27(3)23(20)9-22(21)25/h4-9,13-16H,10-12H2,1-3H3/t15-,16+/m0/s1. The summed E-state index contributed by atoms with van der Waals surface area (Å²) in [5, 5.41) is 1.10. The number of hydrogen-bond acceptors (Lipinski definition) is 3. The lowest BCUT2D eigenvalue weighted by Crippen LogP contribution is -2.57. The van der Waals surface area contributed by atoms with E-state index in [0.29, 0.717) is 35.8 Å². The first-order chi connectivity index (χ1) is 14.8. The van der Waals surface area contributed by atoms with Crippen molar-refractivity contribution in [2.75, 3.05) is 13.1 Å². The fourth-order valence-corrected chi connectivity index (χ4v) is 4.61. The molecule has 0 saturated carbocycles. The molecule has 1 aliphatic rings. The second-order valence-corrected chi connectivity index (χ2v) is 8.78. The molecule has 3 aromatic rings. The van der Waals surface area contributed by atoms with E-state index in [4.69, 9.17) is 11.6 Å². The molecule has 2 aromatic carbocycles. The third-order valence-corrected chi connectivity index (χ3v) is 6.45. The average Bonchev–Trinajstić information content (AvgIpc) is 3.05. The summed E-state index contributed by atoms with van der Waals surface area (Å²) >= 11 is 6.48. The number of hydrogen-bond donors (Lipinski definition) is 0. The number of aryl methyl sites for hydroxylation is 1. The molecule has 0 bridgehead atoms. The molecule has 4 rings (SSSR count). The fourth-order valence-electron chi connectivity index (χ4n) is 4.37. The van der Waals surface area contributed by atoms with Gasteiger partial charge in [-0.15, -0.1) is 0 Å². The molecule has 162 valence electrons. The Balaban J connectivity index is 1.56. The molecule has 5 nitrogen and oxygen atoms in total. The highest BCUT2D eigenvalue weighted by Gasteiger charge is 2.33. The Morgan fingerprint density at radius 1 is 1.16 bits per heavy atom. The zero-order valence-corrected chi connectivity index (χ0v) is 18.6. The van der Waals surface area contributed by atoms with Crippen LogP contribution in [0.2, 0.25) is 5.02 Å². The van der Waals surface area contributed by atoms with Crippen LogP contribution in [0.5, 0.6) is 0 Å². The van der Waals surface area contributed by atoms with Gasteiger partial charge in [0.1, 0.15) is 5.82 Å². The second-order valence-electron chi connectivity index (χ2n) is 8.37. The summed E-state index contributed by atoms with van der Waals surface area (Å²) in [6, 6.07) is 10.1. The largest absolute Gasteiger partial charge is 0.350 e. The zero-order valence-electron chi connectivity index (χ0n) is 17.8. The Morgan fingerprint density at radius 3 is 2.55 bits per heavy atom. The maximum atomic E-state index is 13.4. The summed E-state index contributed by atoms with van der Waals surface area (Å²) in [5.74, 6) is -0.376. The van der Waals surface area contributed by atoms with Gasteiger partial charge in [0, 0.05) is 55.9 Å². The Bertz CT molecular complexity index is 1140. The van der Waals surface area contributed by atoms with E-state index in [1.165, 1.54) is 12.1 Å². The van der Waals surface area contributed by atoms with Gasteiger partial charge in [-0.05, 0) is 43.7 Å². The van der Waals surface area contributed by atoms with Gasteiger partial charge in [-0.3, -0.25) is 14.5 Å². The maximum Gasteiger partial charge on any atom is 0.255 e. The molecule has 0 spiro atoms. The van der Waals surface area contributed by atoms with Crippen molar-refractivity contribution in [1.82, 2.24) is 14.4 Å². The lowest BCUT2D eigenvalue weighted by molar-refractivity contribution is 0.0291. The summed E-state index contributed by atoms with van der Waals surface area (Å²) in [5.41, 5.74) is 2.80. The third-order valence-electron chi connectivity index (χ3n) is 6.14. The van der Waals surface area contributed by atoms with E-state index < -0.39 is 0 Å². The summed E-state index contributed by atoms with van der Waals surface area (Å²) in [4.78, 5) is 29.0. The van der Waals surface area contributed by atoms with Gasteiger partial charge >= 0.3 is 0 Å². The second kappa shape index (κ2) is 8.44. The molecule has 1 fully saturated rings. The van der Waals surface area contributed by atoms with Crippen LogP contribution < -0.4 is 0 Å². The van der Waals surface area contributed by atoms with Gasteiger partial charge in [-0.2, -0.15) is 0 Å². The first-order valence-corrected chi connectivity index (χ1v) is 10.7. The topological polar surface area (TPSA) is 45.6 Å². The van der Waals surface area contributed by atoms with Crippen LogP contribution in [-0.2, 0) is 13.6 Å². The number of rotatable bonds is 4. The van der Waals surface area contributed by atoms with Crippen LogP contribution >= 0.6 is 11.6 Å². The van der Waals surface area contributed by atoms with Crippen molar-refractivity contribution in [3.8, 4) is 0 Å². The zero-order chi connectivity index (χ0) is 22.3. The summed E-state index contributed by atoms with van der Waals surface area (Å²) in [6.07, 6.45) is 2.53. The van der Waals surface area contributed by atoms with Crippen molar-refractivity contribution < 1.29 is 14.0 Å². The highest BCUT2D eigenvalue weighted by atomic mass is 35.5. The number of halogens is 2. The molecule has 2 heterocycles. The minimum atomic E-state index is -0.245. The lowest BCUT2D eigenvalue weighted by Gasteiger charge is -2.44. The van der Waals surface area contributed by atoms with Crippen LogP contribution in [0.4, 0.5) is 4.39 Å². The van der Waals surface area contributed by atoms with E-state index in [9.17, 15) is 14.0 Å². The molecular weight excluding hydrogens is 417 g/mol. The number of fused-ring (bicyclic) bond motifs is 1. The first kappa shape index (κ1) is 21.5. The van der Waals surface area contributed by atoms with Gasteiger partial charge < -0.3 is 9.47 Å². The van der Waals surface area contributed by atoms with Crippen LogP contribution in [0.25, 0.3) is 10.9 Å². The summed E-state index contributed by atoms with van der Waals surface area (Å²) in [7, 11) is 1.84. The smallest absolute Gasteiger partial charge is 0.255 e. The van der Waals surface area contributed by atoms with Crippen LogP contribution in [-0.4, -0.2) is 51.7 Å². The fraction of sp³-hybridized carbons (Fsp3) is 0.333. The van der Waals surface area contributed by atoms with Crippen LogP contribution in [0.1, 0.15) is 40.1 Å². The van der Waals surface area contributed by atoms with E-state index in [1.807, 2.05) is 23.4 Å². The molecule has 0 aliphatic carbocycles. The Labute approximate surface area is 186 Å². The quantitative estimate of drug-likeness (QED) is 0.559. The van der Waals surface area contributed by atoms with Crippen molar-refractivity contribution in [1.29, 1.82) is 0 Å². The molecule has 2 atom stereocenters. The molecule has 0 N–H and O–H groups in total. The minimum Gasteiger partial charge on any atom is -0.350 e. The summed E-state index contributed by atoms with van der Waals surface area (Å²) < 4.78 is 15.0. The average molecular weight is 442 g/mol. The van der Waals surface area contributed by atoms with Gasteiger partial charge in [0.25, 0.3) is 5.91 Å².